The molecule has 2 heterocycles. The van der Waals surface area contributed by atoms with E-state index in [0.717, 1.165) is 40.5 Å². The molecule has 5 nitrogen and oxygen atoms in total. The maximum atomic E-state index is 11.2. The molecule has 0 spiro atoms. The fourth-order valence-corrected chi connectivity index (χ4v) is 5.09. The van der Waals surface area contributed by atoms with E-state index < -0.39 is 6.10 Å². The van der Waals surface area contributed by atoms with Crippen LogP contribution in [-0.4, -0.2) is 33.9 Å². The summed E-state index contributed by atoms with van der Waals surface area (Å²) in [6, 6.07) is 22.4. The fraction of sp³-hybridized carbons (Fsp3) is 0.346. The lowest BCUT2D eigenvalue weighted by Crippen LogP contribution is -3.13. The van der Waals surface area contributed by atoms with Gasteiger partial charge in [-0.3, -0.25) is 5.41 Å². The summed E-state index contributed by atoms with van der Waals surface area (Å²) >= 11 is 0. The van der Waals surface area contributed by atoms with Gasteiger partial charge in [-0.1, -0.05) is 54.6 Å². The van der Waals surface area contributed by atoms with Gasteiger partial charge in [-0.15, -0.1) is 0 Å². The van der Waals surface area contributed by atoms with Crippen molar-refractivity contribution in [3.8, 4) is 0 Å². The number of aliphatic hydroxyl groups excluding tert-OH is 1. The van der Waals surface area contributed by atoms with Crippen LogP contribution in [0.5, 0.6) is 0 Å². The van der Waals surface area contributed by atoms with Gasteiger partial charge in [-0.25, -0.2) is 0 Å². The highest BCUT2D eigenvalue weighted by atomic mass is 16.3. The molecule has 31 heavy (non-hydrogen) atoms. The third-order valence-electron chi connectivity index (χ3n) is 6.76. The second kappa shape index (κ2) is 8.69. The molecule has 1 saturated heterocycles. The Bertz CT molecular complexity index is 1240. The third kappa shape index (κ3) is 3.91. The smallest absolute Gasteiger partial charge is 0.203 e. The van der Waals surface area contributed by atoms with E-state index in [0.29, 0.717) is 12.2 Å². The number of rotatable bonds is 6. The van der Waals surface area contributed by atoms with Crippen molar-refractivity contribution in [2.45, 2.75) is 38.5 Å². The topological polar surface area (TPSA) is 58.4 Å². The summed E-state index contributed by atoms with van der Waals surface area (Å²) in [5, 5.41) is 22.3. The van der Waals surface area contributed by atoms with E-state index in [1.54, 1.807) is 4.90 Å². The first-order valence-corrected chi connectivity index (χ1v) is 11.4. The predicted molar refractivity (Wildman–Crippen MR) is 124 cm³/mol. The lowest BCUT2D eigenvalue weighted by molar-refractivity contribution is -0.905. The molecular formula is C26H31N4O+. The van der Waals surface area contributed by atoms with Gasteiger partial charge in [-0.05, 0) is 47.7 Å². The Morgan fingerprint density at radius 3 is 2.32 bits per heavy atom. The Morgan fingerprint density at radius 2 is 1.52 bits per heavy atom. The number of quaternary nitrogens is 1. The number of piperidine rings is 1. The summed E-state index contributed by atoms with van der Waals surface area (Å²) in [4.78, 5) is 1.64. The molecule has 0 aliphatic carbocycles. The summed E-state index contributed by atoms with van der Waals surface area (Å²) < 4.78 is 4.08. The van der Waals surface area contributed by atoms with Crippen molar-refractivity contribution >= 4 is 21.8 Å². The molecule has 1 aromatic heterocycles. The number of aliphatic hydroxyl groups is 1. The zero-order chi connectivity index (χ0) is 21.2. The highest BCUT2D eigenvalue weighted by Crippen LogP contribution is 2.26. The molecule has 1 aliphatic rings. The van der Waals surface area contributed by atoms with Gasteiger partial charge in [0.05, 0.1) is 49.9 Å². The summed E-state index contributed by atoms with van der Waals surface area (Å²) in [7, 11) is 0. The van der Waals surface area contributed by atoms with Gasteiger partial charge >= 0.3 is 0 Å². The highest BCUT2D eigenvalue weighted by molar-refractivity contribution is 5.86. The molecule has 1 unspecified atom stereocenters. The molecule has 5 heteroatoms. The molecule has 5 rings (SSSR count). The molecule has 4 aromatic rings. The second-order valence-electron chi connectivity index (χ2n) is 8.72. The fourth-order valence-electron chi connectivity index (χ4n) is 5.09. The van der Waals surface area contributed by atoms with Gasteiger partial charge in [0.1, 0.15) is 0 Å². The van der Waals surface area contributed by atoms with Gasteiger partial charge in [-0.2, -0.15) is 0 Å². The van der Waals surface area contributed by atoms with Gasteiger partial charge in [0, 0.05) is 0 Å². The minimum absolute atomic E-state index is 0.372. The van der Waals surface area contributed by atoms with E-state index in [2.05, 4.69) is 34.9 Å². The van der Waals surface area contributed by atoms with Crippen molar-refractivity contribution in [3.63, 3.8) is 0 Å². The monoisotopic (exact) mass is 415 g/mol. The summed E-state index contributed by atoms with van der Waals surface area (Å²) in [6.07, 6.45) is 3.30. The number of nitrogens with one attached hydrogen (secondary N) is 2. The predicted octanol–water partition coefficient (Wildman–Crippen LogP) is 2.88. The number of nitrogens with zero attached hydrogens (tertiary/aromatic N) is 2. The van der Waals surface area contributed by atoms with E-state index in [9.17, 15) is 5.11 Å². The maximum absolute atomic E-state index is 11.2. The van der Waals surface area contributed by atoms with Crippen LogP contribution in [-0.2, 0) is 13.1 Å². The van der Waals surface area contributed by atoms with Gasteiger partial charge in [0.2, 0.25) is 5.62 Å². The Kier molecular flexibility index (Phi) is 5.62. The zero-order valence-electron chi connectivity index (χ0n) is 17.9. The average molecular weight is 416 g/mol. The van der Waals surface area contributed by atoms with Crippen LogP contribution >= 0.6 is 0 Å². The molecule has 3 N–H and O–H groups in total. The van der Waals surface area contributed by atoms with E-state index in [4.69, 9.17) is 5.41 Å². The van der Waals surface area contributed by atoms with Crippen molar-refractivity contribution < 1.29 is 10.0 Å². The number of para-hydroxylation sites is 2. The molecule has 1 aliphatic heterocycles. The van der Waals surface area contributed by atoms with Crippen molar-refractivity contribution in [1.82, 2.24) is 9.13 Å². The van der Waals surface area contributed by atoms with Crippen molar-refractivity contribution in [2.75, 3.05) is 19.6 Å². The molecule has 0 bridgehead atoms. The van der Waals surface area contributed by atoms with Gasteiger partial charge in [0.15, 0.2) is 0 Å². The number of imidazole rings is 1. The second-order valence-corrected chi connectivity index (χ2v) is 8.72. The van der Waals surface area contributed by atoms with Crippen LogP contribution in [0.1, 0.15) is 30.9 Å². The molecule has 0 saturated carbocycles. The minimum Gasteiger partial charge on any atom is -0.387 e. The number of fused-ring (bicyclic) bond motifs is 2. The minimum atomic E-state index is -0.674. The van der Waals surface area contributed by atoms with Gasteiger partial charge < -0.3 is 19.1 Å². The van der Waals surface area contributed by atoms with Crippen molar-refractivity contribution in [3.05, 3.63) is 77.9 Å². The Labute approximate surface area is 182 Å². The highest BCUT2D eigenvalue weighted by Gasteiger charge is 2.18. The first kappa shape index (κ1) is 20.0. The number of hydrogen-bond donors (Lipinski definition) is 3. The van der Waals surface area contributed by atoms with Crippen LogP contribution in [0.3, 0.4) is 0 Å². The van der Waals surface area contributed by atoms with E-state index in [1.807, 2.05) is 41.0 Å². The molecule has 3 aromatic carbocycles. The molecule has 160 valence electrons. The molecule has 0 radical (unpaired) electrons. The van der Waals surface area contributed by atoms with Crippen molar-refractivity contribution in [1.29, 1.82) is 5.41 Å². The van der Waals surface area contributed by atoms with Crippen molar-refractivity contribution in [2.24, 2.45) is 0 Å². The summed E-state index contributed by atoms with van der Waals surface area (Å²) in [5.41, 5.74) is 3.48. The zero-order valence-corrected chi connectivity index (χ0v) is 17.9. The quantitative estimate of drug-likeness (QED) is 0.446. The largest absolute Gasteiger partial charge is 0.387 e. The van der Waals surface area contributed by atoms with Gasteiger partial charge in [0.25, 0.3) is 0 Å². The first-order valence-electron chi connectivity index (χ1n) is 11.4. The average Bonchev–Trinajstić information content (AvgIpc) is 3.08. The summed E-state index contributed by atoms with van der Waals surface area (Å²) in [5.74, 6) is 0. The molecule has 1 atom stereocenters. The number of aromatic nitrogens is 2. The van der Waals surface area contributed by atoms with Crippen LogP contribution in [0.2, 0.25) is 0 Å². The van der Waals surface area contributed by atoms with Crippen LogP contribution < -0.4 is 10.5 Å². The Balaban J connectivity index is 1.47. The molecule has 1 fully saturated rings. The van der Waals surface area contributed by atoms with E-state index in [-0.39, 0.29) is 0 Å². The standard InChI is InChI=1S/C26H30N4O/c27-26-29(18-17-28-15-6-1-7-16-28)23-13-4-5-14-24(23)30(26)19-25(31)22-12-8-10-20-9-2-3-11-21(20)22/h2-5,8-14,25,27,31H,1,6-7,15-19H2/p+1. The Hall–Kier alpha value is -2.89. The normalized spacial score (nSPS) is 16.2. The van der Waals surface area contributed by atoms with Crippen LogP contribution in [0.15, 0.2) is 66.7 Å². The SMILES string of the molecule is N=c1n(CC[NH+]2CCCCC2)c2ccccc2n1CC(O)c1cccc2ccccc12. The Morgan fingerprint density at radius 1 is 0.839 bits per heavy atom. The summed E-state index contributed by atoms with van der Waals surface area (Å²) in [6.45, 7) is 4.75. The third-order valence-corrected chi connectivity index (χ3v) is 6.76. The maximum Gasteiger partial charge on any atom is 0.203 e. The number of likely N-dealkylation sites (tertiary alicyclic amines) is 1. The lowest BCUT2D eigenvalue weighted by Gasteiger charge is -2.23. The number of hydrogen-bond acceptors (Lipinski definition) is 2. The number of benzene rings is 3. The molecule has 0 amide bonds. The van der Waals surface area contributed by atoms with Crippen LogP contribution in [0.25, 0.3) is 21.8 Å². The van der Waals surface area contributed by atoms with Crippen LogP contribution in [0.4, 0.5) is 0 Å². The molecular weight excluding hydrogens is 384 g/mol. The van der Waals surface area contributed by atoms with E-state index in [1.165, 1.54) is 32.4 Å². The van der Waals surface area contributed by atoms with Crippen LogP contribution in [0, 0.1) is 5.41 Å². The lowest BCUT2D eigenvalue weighted by atomic mass is 10.0. The first-order chi connectivity index (χ1) is 15.2. The van der Waals surface area contributed by atoms with E-state index >= 15 is 0 Å².